The third-order valence-electron chi connectivity index (χ3n) is 4.28. The maximum atomic E-state index is 11.8. The van der Waals surface area contributed by atoms with Crippen LogP contribution in [0.2, 0.25) is 0 Å². The van der Waals surface area contributed by atoms with E-state index < -0.39 is 0 Å². The molecule has 18 heavy (non-hydrogen) atoms. The van der Waals surface area contributed by atoms with Crippen LogP contribution in [0.3, 0.4) is 0 Å². The first-order valence-corrected chi connectivity index (χ1v) is 7.30. The third-order valence-corrected chi connectivity index (χ3v) is 4.28. The number of hydrogen-bond acceptors (Lipinski definition) is 4. The molecule has 0 aliphatic carbocycles. The topological polar surface area (TPSA) is 32.8 Å². The largest absolute Gasteiger partial charge is 0.466 e. The van der Waals surface area contributed by atoms with Crippen LogP contribution in [0.5, 0.6) is 0 Å². The number of nitrogens with zero attached hydrogens (tertiary/aromatic N) is 2. The lowest BCUT2D eigenvalue weighted by Gasteiger charge is -2.41. The monoisotopic (exact) mass is 254 g/mol. The predicted molar refractivity (Wildman–Crippen MR) is 71.4 cm³/mol. The summed E-state index contributed by atoms with van der Waals surface area (Å²) in [6.45, 7) is 6.83. The van der Waals surface area contributed by atoms with Gasteiger partial charge in [-0.1, -0.05) is 0 Å². The van der Waals surface area contributed by atoms with Crippen LogP contribution < -0.4 is 0 Å². The van der Waals surface area contributed by atoms with Gasteiger partial charge in [-0.3, -0.25) is 9.69 Å². The number of esters is 1. The van der Waals surface area contributed by atoms with Crippen LogP contribution in [0.4, 0.5) is 0 Å². The van der Waals surface area contributed by atoms with E-state index in [1.807, 2.05) is 6.92 Å². The van der Waals surface area contributed by atoms with Gasteiger partial charge in [0.1, 0.15) is 0 Å². The van der Waals surface area contributed by atoms with Crippen LogP contribution in [-0.2, 0) is 9.53 Å². The second-order valence-electron chi connectivity index (χ2n) is 5.62. The first-order valence-electron chi connectivity index (χ1n) is 7.30. The summed E-state index contributed by atoms with van der Waals surface area (Å²) < 4.78 is 5.16. The molecule has 0 radical (unpaired) electrons. The van der Waals surface area contributed by atoms with E-state index in [-0.39, 0.29) is 11.9 Å². The van der Waals surface area contributed by atoms with Gasteiger partial charge in [0.25, 0.3) is 0 Å². The van der Waals surface area contributed by atoms with E-state index in [0.717, 1.165) is 25.9 Å². The molecular formula is C14H26N2O2. The van der Waals surface area contributed by atoms with E-state index in [2.05, 4.69) is 16.8 Å². The zero-order chi connectivity index (χ0) is 13.0. The molecule has 2 heterocycles. The highest BCUT2D eigenvalue weighted by Gasteiger charge is 2.31. The number of piperidine rings is 2. The summed E-state index contributed by atoms with van der Waals surface area (Å²) in [5.74, 6) is 0.119. The fourth-order valence-corrected chi connectivity index (χ4v) is 3.15. The second kappa shape index (κ2) is 6.53. The van der Waals surface area contributed by atoms with E-state index >= 15 is 0 Å². The number of likely N-dealkylation sites (tertiary alicyclic amines) is 2. The molecule has 4 nitrogen and oxygen atoms in total. The molecule has 2 aliphatic rings. The average molecular weight is 254 g/mol. The number of carbonyl (C=O) groups excluding carboxylic acids is 1. The minimum atomic E-state index is 0.00938. The van der Waals surface area contributed by atoms with Crippen molar-refractivity contribution in [1.82, 2.24) is 9.80 Å². The highest BCUT2D eigenvalue weighted by Crippen LogP contribution is 2.24. The first kappa shape index (κ1) is 13.8. The Labute approximate surface area is 110 Å². The molecule has 0 bridgehead atoms. The Morgan fingerprint density at radius 2 is 1.94 bits per heavy atom. The van der Waals surface area contributed by atoms with E-state index in [1.54, 1.807) is 0 Å². The van der Waals surface area contributed by atoms with Gasteiger partial charge in [-0.15, -0.1) is 0 Å². The molecule has 4 heteroatoms. The van der Waals surface area contributed by atoms with Crippen LogP contribution in [-0.4, -0.2) is 61.6 Å². The molecule has 2 saturated heterocycles. The van der Waals surface area contributed by atoms with Crippen LogP contribution >= 0.6 is 0 Å². The quantitative estimate of drug-likeness (QED) is 0.712. The molecule has 104 valence electrons. The lowest BCUT2D eigenvalue weighted by atomic mass is 9.94. The Kier molecular flexibility index (Phi) is 5.01. The van der Waals surface area contributed by atoms with Gasteiger partial charge in [-0.25, -0.2) is 0 Å². The summed E-state index contributed by atoms with van der Waals surface area (Å²) in [6, 6.07) is 0.679. The molecule has 2 fully saturated rings. The summed E-state index contributed by atoms with van der Waals surface area (Å²) in [6.07, 6.45) is 4.62. The normalized spacial score (nSPS) is 28.2. The molecule has 0 unspecified atom stereocenters. The van der Waals surface area contributed by atoms with Crippen LogP contribution in [0.15, 0.2) is 0 Å². The Morgan fingerprint density at radius 3 is 2.61 bits per heavy atom. The average Bonchev–Trinajstić information content (AvgIpc) is 2.40. The molecule has 1 atom stereocenters. The van der Waals surface area contributed by atoms with Gasteiger partial charge < -0.3 is 9.64 Å². The Hall–Kier alpha value is -0.610. The maximum absolute atomic E-state index is 11.8. The smallest absolute Gasteiger partial charge is 0.310 e. The maximum Gasteiger partial charge on any atom is 0.310 e. The SMILES string of the molecule is CCOC(=O)[C@H]1CCCN(C2CCN(C)CC2)C1. The van der Waals surface area contributed by atoms with E-state index in [4.69, 9.17) is 4.74 Å². The van der Waals surface area contributed by atoms with Gasteiger partial charge in [0, 0.05) is 12.6 Å². The van der Waals surface area contributed by atoms with Gasteiger partial charge in [0.05, 0.1) is 12.5 Å². The van der Waals surface area contributed by atoms with Gasteiger partial charge in [-0.2, -0.15) is 0 Å². The number of hydrogen-bond donors (Lipinski definition) is 0. The van der Waals surface area contributed by atoms with Crippen molar-refractivity contribution in [3.63, 3.8) is 0 Å². The first-order chi connectivity index (χ1) is 8.70. The molecule has 0 aromatic carbocycles. The lowest BCUT2D eigenvalue weighted by molar-refractivity contribution is -0.150. The van der Waals surface area contributed by atoms with Gasteiger partial charge in [0.15, 0.2) is 0 Å². The zero-order valence-electron chi connectivity index (χ0n) is 11.7. The fraction of sp³-hybridized carbons (Fsp3) is 0.929. The summed E-state index contributed by atoms with van der Waals surface area (Å²) in [7, 11) is 2.19. The molecule has 0 amide bonds. The van der Waals surface area contributed by atoms with E-state index in [0.29, 0.717) is 12.6 Å². The molecular weight excluding hydrogens is 228 g/mol. The van der Waals surface area contributed by atoms with Gasteiger partial charge in [-0.05, 0) is 59.3 Å². The Balaban J connectivity index is 1.84. The molecule has 2 aliphatic heterocycles. The van der Waals surface area contributed by atoms with Crippen molar-refractivity contribution in [3.05, 3.63) is 0 Å². The van der Waals surface area contributed by atoms with Crippen LogP contribution in [0, 0.1) is 5.92 Å². The van der Waals surface area contributed by atoms with E-state index in [9.17, 15) is 4.79 Å². The summed E-state index contributed by atoms with van der Waals surface area (Å²) in [4.78, 5) is 16.7. The number of rotatable bonds is 3. The van der Waals surface area contributed by atoms with Crippen LogP contribution in [0.25, 0.3) is 0 Å². The number of carbonyl (C=O) groups is 1. The fourth-order valence-electron chi connectivity index (χ4n) is 3.15. The Morgan fingerprint density at radius 1 is 1.22 bits per heavy atom. The molecule has 0 N–H and O–H groups in total. The van der Waals surface area contributed by atoms with Crippen molar-refractivity contribution in [1.29, 1.82) is 0 Å². The van der Waals surface area contributed by atoms with Crippen LogP contribution in [0.1, 0.15) is 32.6 Å². The lowest BCUT2D eigenvalue weighted by Crippen LogP contribution is -2.49. The summed E-state index contributed by atoms with van der Waals surface area (Å²) in [5.41, 5.74) is 0. The van der Waals surface area contributed by atoms with E-state index in [1.165, 1.54) is 25.9 Å². The molecule has 2 rings (SSSR count). The van der Waals surface area contributed by atoms with Crippen molar-refractivity contribution in [2.24, 2.45) is 5.92 Å². The predicted octanol–water partition coefficient (Wildman–Crippen LogP) is 1.36. The standard InChI is InChI=1S/C14H26N2O2/c1-3-18-14(17)12-5-4-8-16(11-12)13-6-9-15(2)10-7-13/h12-13H,3-11H2,1-2H3/t12-/m0/s1. The summed E-state index contributed by atoms with van der Waals surface area (Å²) >= 11 is 0. The molecule has 0 aromatic heterocycles. The summed E-state index contributed by atoms with van der Waals surface area (Å²) in [5, 5.41) is 0. The third kappa shape index (κ3) is 3.45. The van der Waals surface area contributed by atoms with Gasteiger partial charge >= 0.3 is 5.97 Å². The zero-order valence-corrected chi connectivity index (χ0v) is 11.7. The van der Waals surface area contributed by atoms with Crippen molar-refractivity contribution in [3.8, 4) is 0 Å². The highest BCUT2D eigenvalue weighted by molar-refractivity contribution is 5.72. The van der Waals surface area contributed by atoms with Crippen molar-refractivity contribution in [2.45, 2.75) is 38.6 Å². The second-order valence-corrected chi connectivity index (χ2v) is 5.62. The molecule has 0 spiro atoms. The molecule has 0 saturated carbocycles. The van der Waals surface area contributed by atoms with Crippen molar-refractivity contribution >= 4 is 5.97 Å². The van der Waals surface area contributed by atoms with Gasteiger partial charge in [0.2, 0.25) is 0 Å². The Bertz CT molecular complexity index is 275. The minimum absolute atomic E-state index is 0.00938. The highest BCUT2D eigenvalue weighted by atomic mass is 16.5. The van der Waals surface area contributed by atoms with Crippen molar-refractivity contribution < 1.29 is 9.53 Å². The molecule has 0 aromatic rings. The minimum Gasteiger partial charge on any atom is -0.466 e. The number of ether oxygens (including phenoxy) is 1. The van der Waals surface area contributed by atoms with Crippen molar-refractivity contribution in [2.75, 3.05) is 39.8 Å².